The van der Waals surface area contributed by atoms with Crippen molar-refractivity contribution in [1.29, 1.82) is 0 Å². The summed E-state index contributed by atoms with van der Waals surface area (Å²) in [7, 11) is 3.53. The monoisotopic (exact) mass is 453 g/mol. The summed E-state index contributed by atoms with van der Waals surface area (Å²) in [6, 6.07) is 0. The Bertz CT molecular complexity index is 413. The second-order valence-corrected chi connectivity index (χ2v) is 6.47. The number of aliphatic imine (C=N–C) groups is 1. The van der Waals surface area contributed by atoms with Crippen LogP contribution in [0.2, 0.25) is 0 Å². The minimum Gasteiger partial charge on any atom is -0.379 e. The van der Waals surface area contributed by atoms with Gasteiger partial charge < -0.3 is 19.9 Å². The Labute approximate surface area is 162 Å². The number of nitrogens with zero attached hydrogens (tertiary/aromatic N) is 4. The molecule has 1 amide bonds. The van der Waals surface area contributed by atoms with Gasteiger partial charge in [-0.2, -0.15) is 0 Å². The maximum Gasteiger partial charge on any atom is 0.243 e. The molecule has 2 saturated heterocycles. The summed E-state index contributed by atoms with van der Waals surface area (Å²) in [5.41, 5.74) is 0. The van der Waals surface area contributed by atoms with Gasteiger partial charge in [0.05, 0.1) is 13.2 Å². The maximum absolute atomic E-state index is 11.7. The highest BCUT2D eigenvalue weighted by Gasteiger charge is 2.27. The van der Waals surface area contributed by atoms with Crippen LogP contribution < -0.4 is 5.32 Å². The lowest BCUT2D eigenvalue weighted by molar-refractivity contribution is -0.127. The van der Waals surface area contributed by atoms with E-state index in [2.05, 4.69) is 27.0 Å². The quantitative estimate of drug-likeness (QED) is 0.369. The number of morpholine rings is 1. The number of likely N-dealkylation sites (N-methyl/N-ethyl adjacent to an activating group) is 1. The molecule has 24 heavy (non-hydrogen) atoms. The Morgan fingerprint density at radius 3 is 2.62 bits per heavy atom. The zero-order valence-electron chi connectivity index (χ0n) is 15.2. The van der Waals surface area contributed by atoms with Gasteiger partial charge in [0, 0.05) is 53.4 Å². The van der Waals surface area contributed by atoms with Crippen LogP contribution in [-0.2, 0) is 9.53 Å². The third kappa shape index (κ3) is 6.72. The topological polar surface area (TPSA) is 60.4 Å². The SMILES string of the molecule is CCNC(=NCC(=O)N(C)C)N1CCC(CN2CCOCC2)C1.I. The van der Waals surface area contributed by atoms with Crippen LogP contribution in [0.3, 0.4) is 0 Å². The smallest absolute Gasteiger partial charge is 0.243 e. The van der Waals surface area contributed by atoms with Gasteiger partial charge in [-0.1, -0.05) is 0 Å². The van der Waals surface area contributed by atoms with Gasteiger partial charge in [0.1, 0.15) is 6.54 Å². The van der Waals surface area contributed by atoms with E-state index >= 15 is 0 Å². The van der Waals surface area contributed by atoms with Crippen LogP contribution in [0, 0.1) is 5.92 Å². The molecule has 8 heteroatoms. The van der Waals surface area contributed by atoms with E-state index in [1.54, 1.807) is 19.0 Å². The lowest BCUT2D eigenvalue weighted by atomic mass is 10.1. The van der Waals surface area contributed by atoms with Crippen molar-refractivity contribution >= 4 is 35.8 Å². The van der Waals surface area contributed by atoms with E-state index in [0.29, 0.717) is 5.92 Å². The van der Waals surface area contributed by atoms with Crippen molar-refractivity contribution in [3.8, 4) is 0 Å². The lowest BCUT2D eigenvalue weighted by Crippen LogP contribution is -2.42. The first-order valence-electron chi connectivity index (χ1n) is 8.63. The number of hydrogen-bond donors (Lipinski definition) is 1. The number of amides is 1. The molecule has 2 aliphatic heterocycles. The van der Waals surface area contributed by atoms with E-state index in [4.69, 9.17) is 4.74 Å². The first kappa shape index (κ1) is 21.4. The van der Waals surface area contributed by atoms with E-state index < -0.39 is 0 Å². The molecule has 0 aromatic heterocycles. The Balaban J connectivity index is 0.00000288. The lowest BCUT2D eigenvalue weighted by Gasteiger charge is -2.29. The number of hydrogen-bond acceptors (Lipinski definition) is 4. The predicted octanol–water partition coefficient (Wildman–Crippen LogP) is 0.312. The normalized spacial score (nSPS) is 22.2. The van der Waals surface area contributed by atoms with Crippen molar-refractivity contribution in [3.05, 3.63) is 0 Å². The fourth-order valence-electron chi connectivity index (χ4n) is 3.03. The molecular weight excluding hydrogens is 421 g/mol. The Kier molecular flexibility index (Phi) is 9.91. The molecule has 1 atom stereocenters. The summed E-state index contributed by atoms with van der Waals surface area (Å²) >= 11 is 0. The van der Waals surface area contributed by atoms with Crippen LogP contribution in [0.25, 0.3) is 0 Å². The van der Waals surface area contributed by atoms with Crippen molar-refractivity contribution in [3.63, 3.8) is 0 Å². The van der Waals surface area contributed by atoms with Crippen LogP contribution >= 0.6 is 24.0 Å². The van der Waals surface area contributed by atoms with E-state index in [9.17, 15) is 4.79 Å². The molecule has 0 aliphatic carbocycles. The van der Waals surface area contributed by atoms with Gasteiger partial charge >= 0.3 is 0 Å². The van der Waals surface area contributed by atoms with Crippen LogP contribution in [0.4, 0.5) is 0 Å². The largest absolute Gasteiger partial charge is 0.379 e. The minimum atomic E-state index is 0. The van der Waals surface area contributed by atoms with Crippen molar-refractivity contribution in [2.45, 2.75) is 13.3 Å². The number of likely N-dealkylation sites (tertiary alicyclic amines) is 1. The van der Waals surface area contributed by atoms with Crippen molar-refractivity contribution in [1.82, 2.24) is 20.0 Å². The van der Waals surface area contributed by atoms with E-state index in [1.807, 2.05) is 0 Å². The molecule has 2 heterocycles. The molecular formula is C16H32IN5O2. The molecule has 1 N–H and O–H groups in total. The highest BCUT2D eigenvalue weighted by atomic mass is 127. The second kappa shape index (κ2) is 11.1. The van der Waals surface area contributed by atoms with Gasteiger partial charge in [-0.3, -0.25) is 9.69 Å². The molecule has 7 nitrogen and oxygen atoms in total. The number of ether oxygens (including phenoxy) is 1. The number of carbonyl (C=O) groups is 1. The standard InChI is InChI=1S/C16H31N5O2.HI/c1-4-17-16(18-11-15(22)19(2)3)21-6-5-14(13-21)12-20-7-9-23-10-8-20;/h14H,4-13H2,1-3H3,(H,17,18);1H. The van der Waals surface area contributed by atoms with Gasteiger partial charge in [0.15, 0.2) is 5.96 Å². The molecule has 2 fully saturated rings. The molecule has 2 aliphatic rings. The third-order valence-corrected chi connectivity index (χ3v) is 4.40. The second-order valence-electron chi connectivity index (χ2n) is 6.47. The minimum absolute atomic E-state index is 0. The highest BCUT2D eigenvalue weighted by molar-refractivity contribution is 14.0. The first-order chi connectivity index (χ1) is 11.1. The maximum atomic E-state index is 11.7. The molecule has 2 rings (SSSR count). The average molecular weight is 453 g/mol. The fourth-order valence-corrected chi connectivity index (χ4v) is 3.03. The van der Waals surface area contributed by atoms with Gasteiger partial charge in [-0.05, 0) is 19.3 Å². The fraction of sp³-hybridized carbons (Fsp3) is 0.875. The number of guanidine groups is 1. The molecule has 0 spiro atoms. The van der Waals surface area contributed by atoms with E-state index in [-0.39, 0.29) is 36.4 Å². The molecule has 1 unspecified atom stereocenters. The van der Waals surface area contributed by atoms with Crippen molar-refractivity contribution in [2.24, 2.45) is 10.9 Å². The third-order valence-electron chi connectivity index (χ3n) is 4.40. The van der Waals surface area contributed by atoms with E-state index in [1.165, 1.54) is 6.42 Å². The molecule has 0 bridgehead atoms. The molecule has 140 valence electrons. The summed E-state index contributed by atoms with van der Waals surface area (Å²) in [6.45, 7) is 10.0. The summed E-state index contributed by atoms with van der Waals surface area (Å²) < 4.78 is 5.41. The predicted molar refractivity (Wildman–Crippen MR) is 107 cm³/mol. The molecule has 0 radical (unpaired) electrons. The first-order valence-corrected chi connectivity index (χ1v) is 8.63. The summed E-state index contributed by atoms with van der Waals surface area (Å²) in [4.78, 5) is 22.6. The Morgan fingerprint density at radius 2 is 2.00 bits per heavy atom. The highest BCUT2D eigenvalue weighted by Crippen LogP contribution is 2.18. The van der Waals surface area contributed by atoms with Gasteiger partial charge in [0.2, 0.25) is 5.91 Å². The number of nitrogens with one attached hydrogen (secondary N) is 1. The van der Waals surface area contributed by atoms with Gasteiger partial charge in [-0.25, -0.2) is 4.99 Å². The summed E-state index contributed by atoms with van der Waals surface area (Å²) in [5.74, 6) is 1.57. The van der Waals surface area contributed by atoms with Crippen LogP contribution in [0.5, 0.6) is 0 Å². The van der Waals surface area contributed by atoms with Crippen molar-refractivity contribution in [2.75, 3.05) is 73.1 Å². The molecule has 0 aromatic rings. The zero-order chi connectivity index (χ0) is 16.7. The Morgan fingerprint density at radius 1 is 1.29 bits per heavy atom. The van der Waals surface area contributed by atoms with Crippen LogP contribution in [0.1, 0.15) is 13.3 Å². The van der Waals surface area contributed by atoms with Crippen molar-refractivity contribution < 1.29 is 9.53 Å². The van der Waals surface area contributed by atoms with Crippen LogP contribution in [-0.4, -0.2) is 99.7 Å². The Hall–Kier alpha value is -0.610. The number of rotatable bonds is 5. The average Bonchev–Trinajstić information content (AvgIpc) is 3.00. The molecule has 0 aromatic carbocycles. The number of halogens is 1. The number of carbonyl (C=O) groups excluding carboxylic acids is 1. The summed E-state index contributed by atoms with van der Waals surface area (Å²) in [5, 5.41) is 3.31. The molecule has 0 saturated carbocycles. The van der Waals surface area contributed by atoms with Gasteiger partial charge in [0.25, 0.3) is 0 Å². The van der Waals surface area contributed by atoms with E-state index in [0.717, 1.165) is 58.4 Å². The zero-order valence-corrected chi connectivity index (χ0v) is 17.5. The van der Waals surface area contributed by atoms with Gasteiger partial charge in [-0.15, -0.1) is 24.0 Å². The van der Waals surface area contributed by atoms with Crippen LogP contribution in [0.15, 0.2) is 4.99 Å². The summed E-state index contributed by atoms with van der Waals surface area (Å²) in [6.07, 6.45) is 1.18.